The smallest absolute Gasteiger partial charge is 0.0346 e. The molecule has 0 fully saturated rings. The molecule has 0 aliphatic rings. The second-order valence-electron chi connectivity index (χ2n) is 3.20. The molecule has 0 radical (unpaired) electrons. The maximum absolute atomic E-state index is 7.22. The highest BCUT2D eigenvalue weighted by molar-refractivity contribution is 6.09. The first-order valence-electron chi connectivity index (χ1n) is 4.61. The molecule has 0 spiro atoms. The Morgan fingerprint density at radius 2 is 2.13 bits per heavy atom. The number of benzene rings is 1. The number of nitrogens with two attached hydrogens (primary N) is 1. The van der Waals surface area contributed by atoms with Crippen molar-refractivity contribution >= 4 is 22.6 Å². The molecule has 2 aromatic rings. The van der Waals surface area contributed by atoms with E-state index in [1.807, 2.05) is 30.5 Å². The van der Waals surface area contributed by atoms with Gasteiger partial charge in [0.05, 0.1) is 0 Å². The molecule has 0 unspecified atom stereocenters. The third-order valence-electron chi connectivity index (χ3n) is 2.31. The molecule has 1 heterocycles. The van der Waals surface area contributed by atoms with Crippen molar-refractivity contribution in [3.63, 3.8) is 0 Å². The summed E-state index contributed by atoms with van der Waals surface area (Å²) in [5.41, 5.74) is 7.10. The average Bonchev–Trinajstić information content (AvgIpc) is 2.30. The Morgan fingerprint density at radius 3 is 2.87 bits per heavy atom. The van der Waals surface area contributed by atoms with Crippen molar-refractivity contribution in [1.29, 1.82) is 5.41 Å². The van der Waals surface area contributed by atoms with Crippen molar-refractivity contribution in [2.75, 3.05) is 0 Å². The SMILES string of the molecule is N=C/C(=C\N)c1ccc2cnccc2c1. The molecule has 0 aliphatic heterocycles. The van der Waals surface area contributed by atoms with Crippen LogP contribution in [0.3, 0.4) is 0 Å². The zero-order valence-electron chi connectivity index (χ0n) is 8.14. The molecule has 0 aliphatic carbocycles. The van der Waals surface area contributed by atoms with Gasteiger partial charge < -0.3 is 11.1 Å². The van der Waals surface area contributed by atoms with E-state index in [9.17, 15) is 0 Å². The van der Waals surface area contributed by atoms with Gasteiger partial charge in [-0.2, -0.15) is 0 Å². The number of rotatable bonds is 2. The zero-order chi connectivity index (χ0) is 10.7. The number of nitrogens with zero attached hydrogens (tertiary/aromatic N) is 1. The number of aromatic nitrogens is 1. The first-order valence-corrected chi connectivity index (χ1v) is 4.61. The lowest BCUT2D eigenvalue weighted by molar-refractivity contribution is 1.36. The lowest BCUT2D eigenvalue weighted by Crippen LogP contribution is -1.90. The van der Waals surface area contributed by atoms with Gasteiger partial charge >= 0.3 is 0 Å². The number of hydrogen-bond donors (Lipinski definition) is 2. The van der Waals surface area contributed by atoms with Crippen molar-refractivity contribution in [1.82, 2.24) is 4.98 Å². The second-order valence-corrected chi connectivity index (χ2v) is 3.20. The zero-order valence-corrected chi connectivity index (χ0v) is 8.14. The summed E-state index contributed by atoms with van der Waals surface area (Å²) < 4.78 is 0. The fourth-order valence-electron chi connectivity index (χ4n) is 1.49. The first kappa shape index (κ1) is 9.40. The van der Waals surface area contributed by atoms with Crippen LogP contribution < -0.4 is 5.73 Å². The van der Waals surface area contributed by atoms with E-state index in [1.54, 1.807) is 6.20 Å². The first-order chi connectivity index (χ1) is 7.35. The van der Waals surface area contributed by atoms with Gasteiger partial charge in [-0.1, -0.05) is 12.1 Å². The summed E-state index contributed by atoms with van der Waals surface area (Å²) in [6.07, 6.45) is 6.26. The van der Waals surface area contributed by atoms with Gasteiger partial charge in [-0.25, -0.2) is 0 Å². The molecule has 3 nitrogen and oxygen atoms in total. The quantitative estimate of drug-likeness (QED) is 0.725. The lowest BCUT2D eigenvalue weighted by Gasteiger charge is -2.02. The molecule has 3 N–H and O–H groups in total. The molecule has 0 amide bonds. The van der Waals surface area contributed by atoms with Crippen LogP contribution in [-0.2, 0) is 0 Å². The van der Waals surface area contributed by atoms with E-state index in [2.05, 4.69) is 4.98 Å². The summed E-state index contributed by atoms with van der Waals surface area (Å²) in [4.78, 5) is 4.04. The minimum absolute atomic E-state index is 0.716. The van der Waals surface area contributed by atoms with Gasteiger partial charge in [0, 0.05) is 35.8 Å². The Balaban J connectivity index is 2.61. The van der Waals surface area contributed by atoms with E-state index in [0.29, 0.717) is 5.57 Å². The van der Waals surface area contributed by atoms with Gasteiger partial charge in [0.25, 0.3) is 0 Å². The molecule has 0 atom stereocenters. The molecule has 2 rings (SSSR count). The predicted octanol–water partition coefficient (Wildman–Crippen LogP) is 2.18. The monoisotopic (exact) mass is 197 g/mol. The van der Waals surface area contributed by atoms with E-state index < -0.39 is 0 Å². The Kier molecular flexibility index (Phi) is 2.46. The van der Waals surface area contributed by atoms with Gasteiger partial charge in [0.15, 0.2) is 0 Å². The van der Waals surface area contributed by atoms with Crippen molar-refractivity contribution in [3.05, 3.63) is 48.4 Å². The molecule has 15 heavy (non-hydrogen) atoms. The van der Waals surface area contributed by atoms with Crippen LogP contribution in [0.2, 0.25) is 0 Å². The highest BCUT2D eigenvalue weighted by Gasteiger charge is 1.99. The standard InChI is InChI=1S/C12H11N3/c13-6-12(7-14)9-1-2-11-8-15-4-3-10(11)5-9/h1-8,13H,14H2/b12-7+,13-6?. The summed E-state index contributed by atoms with van der Waals surface area (Å²) in [5, 5.41) is 9.41. The van der Waals surface area contributed by atoms with Crippen molar-refractivity contribution in [3.8, 4) is 0 Å². The average molecular weight is 197 g/mol. The molecule has 0 bridgehead atoms. The van der Waals surface area contributed by atoms with Crippen LogP contribution in [-0.4, -0.2) is 11.2 Å². The van der Waals surface area contributed by atoms with Gasteiger partial charge in [0.1, 0.15) is 0 Å². The molecule has 1 aromatic heterocycles. The molecular weight excluding hydrogens is 186 g/mol. The highest BCUT2D eigenvalue weighted by atomic mass is 14.6. The topological polar surface area (TPSA) is 62.8 Å². The maximum Gasteiger partial charge on any atom is 0.0346 e. The number of allylic oxidation sites excluding steroid dienone is 1. The summed E-state index contributed by atoms with van der Waals surface area (Å²) in [6.45, 7) is 0. The molecule has 3 heteroatoms. The van der Waals surface area contributed by atoms with Gasteiger partial charge in [-0.15, -0.1) is 0 Å². The Hall–Kier alpha value is -2.16. The van der Waals surface area contributed by atoms with Crippen molar-refractivity contribution in [2.45, 2.75) is 0 Å². The highest BCUT2D eigenvalue weighted by Crippen LogP contribution is 2.18. The van der Waals surface area contributed by atoms with Crippen LogP contribution in [0, 0.1) is 5.41 Å². The third-order valence-corrected chi connectivity index (χ3v) is 2.31. The minimum Gasteiger partial charge on any atom is -0.404 e. The Labute approximate surface area is 87.8 Å². The van der Waals surface area contributed by atoms with Crippen molar-refractivity contribution in [2.24, 2.45) is 5.73 Å². The molecule has 74 valence electrons. The third kappa shape index (κ3) is 1.72. The number of hydrogen-bond acceptors (Lipinski definition) is 3. The Bertz CT molecular complexity index is 529. The van der Waals surface area contributed by atoms with Crippen LogP contribution in [0.4, 0.5) is 0 Å². The summed E-state index contributed by atoms with van der Waals surface area (Å²) in [7, 11) is 0. The fourth-order valence-corrected chi connectivity index (χ4v) is 1.49. The van der Waals surface area contributed by atoms with E-state index in [1.165, 1.54) is 12.4 Å². The summed E-state index contributed by atoms with van der Waals surface area (Å²) >= 11 is 0. The van der Waals surface area contributed by atoms with Gasteiger partial charge in [0.2, 0.25) is 0 Å². The molecule has 1 aromatic carbocycles. The molecule has 0 saturated heterocycles. The summed E-state index contributed by atoms with van der Waals surface area (Å²) in [6, 6.07) is 7.86. The maximum atomic E-state index is 7.22. The van der Waals surface area contributed by atoms with Crippen LogP contribution in [0.1, 0.15) is 5.56 Å². The van der Waals surface area contributed by atoms with Crippen LogP contribution in [0.15, 0.2) is 42.9 Å². The van der Waals surface area contributed by atoms with E-state index in [-0.39, 0.29) is 0 Å². The van der Waals surface area contributed by atoms with Gasteiger partial charge in [-0.05, 0) is 23.1 Å². The molecule has 0 saturated carbocycles. The van der Waals surface area contributed by atoms with Crippen LogP contribution in [0.5, 0.6) is 0 Å². The lowest BCUT2D eigenvalue weighted by atomic mass is 10.0. The van der Waals surface area contributed by atoms with E-state index in [0.717, 1.165) is 16.3 Å². The van der Waals surface area contributed by atoms with Crippen molar-refractivity contribution < 1.29 is 0 Å². The Morgan fingerprint density at radius 1 is 1.27 bits per heavy atom. The number of pyridine rings is 1. The minimum atomic E-state index is 0.716. The summed E-state index contributed by atoms with van der Waals surface area (Å²) in [5.74, 6) is 0. The largest absolute Gasteiger partial charge is 0.404 e. The predicted molar refractivity (Wildman–Crippen MR) is 62.7 cm³/mol. The van der Waals surface area contributed by atoms with E-state index >= 15 is 0 Å². The van der Waals surface area contributed by atoms with Crippen LogP contribution >= 0.6 is 0 Å². The second kappa shape index (κ2) is 3.92. The van der Waals surface area contributed by atoms with Crippen LogP contribution in [0.25, 0.3) is 16.3 Å². The molecular formula is C12H11N3. The number of nitrogens with one attached hydrogen (secondary N) is 1. The number of fused-ring (bicyclic) bond motifs is 1. The normalized spacial score (nSPS) is 11.6. The fraction of sp³-hybridized carbons (Fsp3) is 0. The van der Waals surface area contributed by atoms with E-state index in [4.69, 9.17) is 11.1 Å². The van der Waals surface area contributed by atoms with Gasteiger partial charge in [-0.3, -0.25) is 4.98 Å².